The molecule has 1 heterocycles. The van der Waals surface area contributed by atoms with Crippen molar-refractivity contribution < 1.29 is 26.9 Å². The summed E-state index contributed by atoms with van der Waals surface area (Å²) in [5.41, 5.74) is 1.74. The first-order valence-electron chi connectivity index (χ1n) is 7.95. The Balaban J connectivity index is 2.06. The van der Waals surface area contributed by atoms with Crippen LogP contribution in [0, 0.1) is 0 Å². The van der Waals surface area contributed by atoms with Crippen molar-refractivity contribution in [2.75, 3.05) is 18.3 Å². The summed E-state index contributed by atoms with van der Waals surface area (Å²) in [5.74, 6) is -0.335. The molecule has 1 amide bonds. The second-order valence-corrected chi connectivity index (χ2v) is 7.50. The molecular weight excluding hydrogens is 370 g/mol. The minimum Gasteiger partial charge on any atom is -0.493 e. The molecule has 2 aromatic rings. The van der Waals surface area contributed by atoms with E-state index in [1.165, 1.54) is 31.1 Å². The molecule has 0 atom stereocenters. The van der Waals surface area contributed by atoms with Gasteiger partial charge in [-0.3, -0.25) is 14.5 Å². The molecule has 0 bridgehead atoms. The Bertz CT molecular complexity index is 1070. The van der Waals surface area contributed by atoms with Gasteiger partial charge in [-0.25, -0.2) is 0 Å². The van der Waals surface area contributed by atoms with Crippen LogP contribution in [0.2, 0.25) is 0 Å². The summed E-state index contributed by atoms with van der Waals surface area (Å²) in [6.07, 6.45) is 2.48. The predicted octanol–water partition coefficient (Wildman–Crippen LogP) is 2.62. The molecule has 0 aromatic heterocycles. The second kappa shape index (κ2) is 6.88. The highest BCUT2D eigenvalue weighted by Crippen LogP contribution is 2.36. The Kier molecular flexibility index (Phi) is 4.75. The molecule has 0 N–H and O–H groups in total. The molecule has 1 aliphatic heterocycles. The molecule has 0 aliphatic carbocycles. The highest BCUT2D eigenvalue weighted by atomic mass is 32.2. The maximum atomic E-state index is 12.7. The summed E-state index contributed by atoms with van der Waals surface area (Å²) in [5, 5.41) is 0. The third kappa shape index (κ3) is 3.70. The molecule has 0 saturated heterocycles. The number of ether oxygens (including phenoxy) is 1. The zero-order valence-electron chi connectivity index (χ0n) is 14.9. The number of carbonyl (C=O) groups excluding carboxylic acids is 2. The summed E-state index contributed by atoms with van der Waals surface area (Å²) in [6.45, 7) is 1.38. The monoisotopic (exact) mass is 387 g/mol. The molecular formula is C19H17NO6S. The standard InChI is InChI=1S/C19H17NO6S/c1-12(21)20-15-7-5-4-6-14(15)19(22)16(20)10-13-8-9-17(18(11-13)25-2)26-27(3,23)24/h4-11H,1-3H3. The van der Waals surface area contributed by atoms with Crippen LogP contribution in [0.25, 0.3) is 6.08 Å². The van der Waals surface area contributed by atoms with E-state index in [0.717, 1.165) is 6.26 Å². The lowest BCUT2D eigenvalue weighted by molar-refractivity contribution is -0.116. The Morgan fingerprint density at radius 3 is 2.44 bits per heavy atom. The summed E-state index contributed by atoms with van der Waals surface area (Å²) in [6, 6.07) is 11.4. The number of nitrogens with zero attached hydrogens (tertiary/aromatic N) is 1. The van der Waals surface area contributed by atoms with Crippen LogP contribution in [-0.2, 0) is 14.9 Å². The van der Waals surface area contributed by atoms with Crippen LogP contribution in [0.15, 0.2) is 48.2 Å². The van der Waals surface area contributed by atoms with Crippen LogP contribution >= 0.6 is 0 Å². The number of ketones is 1. The first-order chi connectivity index (χ1) is 12.7. The van der Waals surface area contributed by atoms with Crippen LogP contribution in [0.3, 0.4) is 0 Å². The highest BCUT2D eigenvalue weighted by Gasteiger charge is 2.34. The van der Waals surface area contributed by atoms with Crippen molar-refractivity contribution in [2.45, 2.75) is 6.92 Å². The van der Waals surface area contributed by atoms with Crippen LogP contribution in [0.5, 0.6) is 11.5 Å². The quantitative estimate of drug-likeness (QED) is 0.592. The average Bonchev–Trinajstić information content (AvgIpc) is 2.87. The number of benzene rings is 2. The number of allylic oxidation sites excluding steroid dienone is 1. The SMILES string of the molecule is COc1cc(C=C2C(=O)c3ccccc3N2C(C)=O)ccc1OS(C)(=O)=O. The first-order valence-corrected chi connectivity index (χ1v) is 9.76. The molecule has 140 valence electrons. The number of hydrogen-bond acceptors (Lipinski definition) is 6. The average molecular weight is 387 g/mol. The van der Waals surface area contributed by atoms with Crippen molar-refractivity contribution in [3.05, 3.63) is 59.3 Å². The second-order valence-electron chi connectivity index (χ2n) is 5.93. The first kappa shape index (κ1) is 18.7. The normalized spacial score (nSPS) is 15.0. The number of rotatable bonds is 4. The van der Waals surface area contributed by atoms with Crippen molar-refractivity contribution in [1.29, 1.82) is 0 Å². The maximum absolute atomic E-state index is 12.7. The highest BCUT2D eigenvalue weighted by molar-refractivity contribution is 7.86. The lowest BCUT2D eigenvalue weighted by Gasteiger charge is -2.16. The molecule has 27 heavy (non-hydrogen) atoms. The third-order valence-electron chi connectivity index (χ3n) is 3.91. The molecule has 0 saturated carbocycles. The minimum atomic E-state index is -3.71. The van der Waals surface area contributed by atoms with Crippen molar-refractivity contribution in [3.8, 4) is 11.5 Å². The Labute approximate surface area is 156 Å². The van der Waals surface area contributed by atoms with E-state index in [-0.39, 0.29) is 28.9 Å². The molecule has 0 spiro atoms. The Hall–Kier alpha value is -3.13. The molecule has 2 aromatic carbocycles. The summed E-state index contributed by atoms with van der Waals surface area (Å²) >= 11 is 0. The summed E-state index contributed by atoms with van der Waals surface area (Å²) < 4.78 is 32.7. The van der Waals surface area contributed by atoms with Gasteiger partial charge < -0.3 is 8.92 Å². The number of hydrogen-bond donors (Lipinski definition) is 0. The van der Waals surface area contributed by atoms with Gasteiger partial charge in [0, 0.05) is 12.5 Å². The molecule has 8 heteroatoms. The molecule has 1 aliphatic rings. The van der Waals surface area contributed by atoms with Crippen molar-refractivity contribution in [2.24, 2.45) is 0 Å². The summed E-state index contributed by atoms with van der Waals surface area (Å²) in [7, 11) is -2.34. The number of fused-ring (bicyclic) bond motifs is 1. The minimum absolute atomic E-state index is 0.0339. The zero-order chi connectivity index (χ0) is 19.8. The van der Waals surface area contributed by atoms with Gasteiger partial charge in [-0.05, 0) is 35.9 Å². The predicted molar refractivity (Wildman–Crippen MR) is 100 cm³/mol. The fourth-order valence-electron chi connectivity index (χ4n) is 2.86. The van der Waals surface area contributed by atoms with Crippen molar-refractivity contribution in [1.82, 2.24) is 0 Å². The fraction of sp³-hybridized carbons (Fsp3) is 0.158. The van der Waals surface area contributed by atoms with E-state index in [1.807, 2.05) is 0 Å². The van der Waals surface area contributed by atoms with Gasteiger partial charge in [0.1, 0.15) is 0 Å². The maximum Gasteiger partial charge on any atom is 0.306 e. The fourth-order valence-corrected chi connectivity index (χ4v) is 3.33. The number of amides is 1. The van der Waals surface area contributed by atoms with Crippen LogP contribution in [0.4, 0.5) is 5.69 Å². The van der Waals surface area contributed by atoms with Crippen LogP contribution < -0.4 is 13.8 Å². The zero-order valence-corrected chi connectivity index (χ0v) is 15.7. The summed E-state index contributed by atoms with van der Waals surface area (Å²) in [4.78, 5) is 26.2. The van der Waals surface area contributed by atoms with Gasteiger partial charge in [0.15, 0.2) is 11.5 Å². The molecule has 7 nitrogen and oxygen atoms in total. The number of methoxy groups -OCH3 is 1. The van der Waals surface area contributed by atoms with Gasteiger partial charge in [0.2, 0.25) is 11.7 Å². The Morgan fingerprint density at radius 2 is 1.81 bits per heavy atom. The van der Waals surface area contributed by atoms with Gasteiger partial charge in [-0.2, -0.15) is 8.42 Å². The van der Waals surface area contributed by atoms with Crippen LogP contribution in [-0.4, -0.2) is 33.5 Å². The smallest absolute Gasteiger partial charge is 0.306 e. The largest absolute Gasteiger partial charge is 0.493 e. The number of Topliss-reactive ketones (excluding diaryl/α,β-unsaturated/α-hetero) is 1. The molecule has 0 fully saturated rings. The van der Waals surface area contributed by atoms with Crippen LogP contribution in [0.1, 0.15) is 22.8 Å². The number of para-hydroxylation sites is 1. The van der Waals surface area contributed by atoms with E-state index in [9.17, 15) is 18.0 Å². The molecule has 0 radical (unpaired) electrons. The lowest BCUT2D eigenvalue weighted by Crippen LogP contribution is -2.25. The Morgan fingerprint density at radius 1 is 1.11 bits per heavy atom. The van der Waals surface area contributed by atoms with Crippen molar-refractivity contribution >= 4 is 33.6 Å². The third-order valence-corrected chi connectivity index (χ3v) is 4.39. The van der Waals surface area contributed by atoms with E-state index in [0.29, 0.717) is 16.8 Å². The number of anilines is 1. The van der Waals surface area contributed by atoms with Crippen molar-refractivity contribution in [3.63, 3.8) is 0 Å². The van der Waals surface area contributed by atoms with Gasteiger partial charge in [-0.15, -0.1) is 0 Å². The van der Waals surface area contributed by atoms with Gasteiger partial charge in [0.25, 0.3) is 0 Å². The topological polar surface area (TPSA) is 90.0 Å². The van der Waals surface area contributed by atoms with E-state index in [1.54, 1.807) is 36.4 Å². The molecule has 3 rings (SSSR count). The van der Waals surface area contributed by atoms with E-state index in [4.69, 9.17) is 8.92 Å². The molecule has 0 unspecified atom stereocenters. The van der Waals surface area contributed by atoms with Gasteiger partial charge in [0.05, 0.1) is 24.7 Å². The number of carbonyl (C=O) groups is 2. The van der Waals surface area contributed by atoms with E-state index in [2.05, 4.69) is 0 Å². The van der Waals surface area contributed by atoms with Gasteiger partial charge >= 0.3 is 10.1 Å². The van der Waals surface area contributed by atoms with Gasteiger partial charge in [-0.1, -0.05) is 18.2 Å². The van der Waals surface area contributed by atoms with E-state index >= 15 is 0 Å². The van der Waals surface area contributed by atoms with E-state index < -0.39 is 10.1 Å². The lowest BCUT2D eigenvalue weighted by atomic mass is 10.1.